The molecule has 0 radical (unpaired) electrons. The minimum Gasteiger partial charge on any atom is -0.481 e. The van der Waals surface area contributed by atoms with Gasteiger partial charge >= 0.3 is 5.97 Å². The van der Waals surface area contributed by atoms with Gasteiger partial charge in [0, 0.05) is 19.0 Å². The maximum Gasteiger partial charge on any atom is 0.316 e. The Kier molecular flexibility index (Phi) is 6.20. The molecule has 1 saturated heterocycles. The first-order valence-electron chi connectivity index (χ1n) is 8.29. The van der Waals surface area contributed by atoms with Crippen LogP contribution in [0, 0.1) is 11.8 Å². The number of carboxylic acid groups (broad SMARTS) is 1. The van der Waals surface area contributed by atoms with Crippen molar-refractivity contribution in [1.29, 1.82) is 0 Å². The summed E-state index contributed by atoms with van der Waals surface area (Å²) in [6.07, 6.45) is 3.76. The molecule has 0 aromatic carbocycles. The Morgan fingerprint density at radius 2 is 1.79 bits per heavy atom. The van der Waals surface area contributed by atoms with Crippen LogP contribution in [0.1, 0.15) is 38.5 Å². The maximum atomic E-state index is 12.1. The van der Waals surface area contributed by atoms with Gasteiger partial charge in [-0.25, -0.2) is 8.42 Å². The average Bonchev–Trinajstić information content (AvgIpc) is 3.08. The molecule has 1 aliphatic carbocycles. The summed E-state index contributed by atoms with van der Waals surface area (Å²) in [4.78, 5) is 35.2. The lowest BCUT2D eigenvalue weighted by molar-refractivity contribution is -0.149. The fraction of sp³-hybridized carbons (Fsp3) is 0.800. The van der Waals surface area contributed by atoms with Crippen molar-refractivity contribution in [3.05, 3.63) is 0 Å². The number of sulfone groups is 1. The molecule has 2 rings (SSSR count). The van der Waals surface area contributed by atoms with Gasteiger partial charge in [0.2, 0.25) is 11.8 Å². The van der Waals surface area contributed by atoms with Gasteiger partial charge in [0.15, 0.2) is 9.84 Å². The molecule has 2 unspecified atom stereocenters. The summed E-state index contributed by atoms with van der Waals surface area (Å²) in [6, 6.07) is -0.372. The van der Waals surface area contributed by atoms with Crippen LogP contribution in [0.25, 0.3) is 0 Å². The zero-order valence-electron chi connectivity index (χ0n) is 13.5. The zero-order valence-corrected chi connectivity index (χ0v) is 14.3. The predicted molar refractivity (Wildman–Crippen MR) is 85.9 cm³/mol. The molecule has 2 aliphatic rings. The number of amides is 2. The summed E-state index contributed by atoms with van der Waals surface area (Å²) in [5, 5.41) is 14.4. The molecular formula is C15H24N2O6S. The molecule has 9 heteroatoms. The van der Waals surface area contributed by atoms with Crippen molar-refractivity contribution in [1.82, 2.24) is 10.6 Å². The van der Waals surface area contributed by atoms with Crippen molar-refractivity contribution in [2.24, 2.45) is 11.8 Å². The highest BCUT2D eigenvalue weighted by Gasteiger charge is 2.36. The van der Waals surface area contributed by atoms with E-state index in [0.29, 0.717) is 6.42 Å². The van der Waals surface area contributed by atoms with Crippen LogP contribution in [-0.4, -0.2) is 55.4 Å². The number of rotatable bonds is 7. The van der Waals surface area contributed by atoms with Gasteiger partial charge in [0.05, 0.1) is 11.5 Å². The second kappa shape index (κ2) is 7.96. The Hall–Kier alpha value is -1.64. The van der Waals surface area contributed by atoms with Crippen LogP contribution in [0.4, 0.5) is 0 Å². The topological polar surface area (TPSA) is 130 Å². The Balaban J connectivity index is 1.73. The first kappa shape index (κ1) is 18.7. The number of hydrogen-bond donors (Lipinski definition) is 3. The smallest absolute Gasteiger partial charge is 0.316 e. The van der Waals surface area contributed by atoms with E-state index in [-0.39, 0.29) is 42.3 Å². The third kappa shape index (κ3) is 5.19. The zero-order chi connectivity index (χ0) is 17.7. The van der Waals surface area contributed by atoms with E-state index in [2.05, 4.69) is 10.6 Å². The SMILES string of the molecule is O=C(CCNC(=O)C(C(=O)O)C1CCCC1)NC1CCS(=O)(=O)C1. The lowest BCUT2D eigenvalue weighted by Gasteiger charge is -2.18. The lowest BCUT2D eigenvalue weighted by atomic mass is 9.90. The predicted octanol–water partition coefficient (Wildman–Crippen LogP) is -0.313. The Morgan fingerprint density at radius 3 is 2.33 bits per heavy atom. The molecule has 1 aliphatic heterocycles. The highest BCUT2D eigenvalue weighted by atomic mass is 32.2. The average molecular weight is 360 g/mol. The minimum atomic E-state index is -3.06. The normalized spacial score (nSPS) is 24.4. The van der Waals surface area contributed by atoms with Crippen LogP contribution < -0.4 is 10.6 Å². The van der Waals surface area contributed by atoms with Crippen molar-refractivity contribution in [2.75, 3.05) is 18.1 Å². The van der Waals surface area contributed by atoms with E-state index < -0.39 is 27.6 Å². The van der Waals surface area contributed by atoms with Crippen LogP contribution in [0.2, 0.25) is 0 Å². The van der Waals surface area contributed by atoms with Gasteiger partial charge in [-0.1, -0.05) is 12.8 Å². The second-order valence-electron chi connectivity index (χ2n) is 6.57. The quantitative estimate of drug-likeness (QED) is 0.534. The van der Waals surface area contributed by atoms with E-state index in [1.165, 1.54) is 0 Å². The molecular weight excluding hydrogens is 336 g/mol. The van der Waals surface area contributed by atoms with E-state index in [9.17, 15) is 27.9 Å². The molecule has 0 spiro atoms. The molecule has 3 N–H and O–H groups in total. The van der Waals surface area contributed by atoms with Gasteiger partial charge < -0.3 is 15.7 Å². The molecule has 1 heterocycles. The van der Waals surface area contributed by atoms with E-state index in [1.54, 1.807) is 0 Å². The highest BCUT2D eigenvalue weighted by Crippen LogP contribution is 2.31. The number of nitrogens with one attached hydrogen (secondary N) is 2. The summed E-state index contributed by atoms with van der Waals surface area (Å²) in [6.45, 7) is 0.0423. The molecule has 2 fully saturated rings. The summed E-state index contributed by atoms with van der Waals surface area (Å²) >= 11 is 0. The number of carbonyl (C=O) groups excluding carboxylic acids is 2. The summed E-state index contributed by atoms with van der Waals surface area (Å²) in [5.41, 5.74) is 0. The Bertz CT molecular complexity index is 597. The highest BCUT2D eigenvalue weighted by molar-refractivity contribution is 7.91. The molecule has 136 valence electrons. The molecule has 1 saturated carbocycles. The van der Waals surface area contributed by atoms with Gasteiger partial charge in [0.1, 0.15) is 5.92 Å². The van der Waals surface area contributed by atoms with Crippen LogP contribution in [0.3, 0.4) is 0 Å². The molecule has 0 aromatic heterocycles. The van der Waals surface area contributed by atoms with Crippen LogP contribution in [-0.2, 0) is 24.2 Å². The van der Waals surface area contributed by atoms with Crippen LogP contribution in [0.15, 0.2) is 0 Å². The van der Waals surface area contributed by atoms with Crippen molar-refractivity contribution in [3.63, 3.8) is 0 Å². The van der Waals surface area contributed by atoms with Gasteiger partial charge in [0.25, 0.3) is 0 Å². The standard InChI is InChI=1S/C15H24N2O6S/c18-12(17-11-6-8-24(22,23)9-11)5-7-16-14(19)13(15(20)21)10-3-1-2-4-10/h10-11,13H,1-9H2,(H,16,19)(H,17,18)(H,20,21). The Labute approximate surface area is 141 Å². The van der Waals surface area contributed by atoms with Gasteiger partial charge in [-0.15, -0.1) is 0 Å². The van der Waals surface area contributed by atoms with Crippen LogP contribution in [0.5, 0.6) is 0 Å². The fourth-order valence-corrected chi connectivity index (χ4v) is 5.11. The third-order valence-corrected chi connectivity index (χ3v) is 6.44. The van der Waals surface area contributed by atoms with E-state index in [1.807, 2.05) is 0 Å². The van der Waals surface area contributed by atoms with Crippen molar-refractivity contribution in [2.45, 2.75) is 44.6 Å². The van der Waals surface area contributed by atoms with Crippen molar-refractivity contribution in [3.8, 4) is 0 Å². The van der Waals surface area contributed by atoms with Crippen molar-refractivity contribution >= 4 is 27.6 Å². The summed E-state index contributed by atoms with van der Waals surface area (Å²) in [5.74, 6) is -3.18. The van der Waals surface area contributed by atoms with E-state index >= 15 is 0 Å². The fourth-order valence-electron chi connectivity index (χ4n) is 3.44. The molecule has 0 bridgehead atoms. The van der Waals surface area contributed by atoms with Crippen molar-refractivity contribution < 1.29 is 27.9 Å². The van der Waals surface area contributed by atoms with E-state index in [0.717, 1.165) is 25.7 Å². The first-order chi connectivity index (χ1) is 11.3. The molecule has 2 atom stereocenters. The molecule has 0 aromatic rings. The second-order valence-corrected chi connectivity index (χ2v) is 8.80. The summed E-state index contributed by atoms with van der Waals surface area (Å²) < 4.78 is 22.7. The molecule has 2 amide bonds. The monoisotopic (exact) mass is 360 g/mol. The molecule has 24 heavy (non-hydrogen) atoms. The lowest BCUT2D eigenvalue weighted by Crippen LogP contribution is -2.41. The number of aliphatic carboxylic acids is 1. The Morgan fingerprint density at radius 1 is 1.12 bits per heavy atom. The minimum absolute atomic E-state index is 0.000701. The maximum absolute atomic E-state index is 12.1. The van der Waals surface area contributed by atoms with Gasteiger partial charge in [-0.05, 0) is 25.2 Å². The van der Waals surface area contributed by atoms with Gasteiger partial charge in [-0.3, -0.25) is 14.4 Å². The largest absolute Gasteiger partial charge is 0.481 e. The molecule has 8 nitrogen and oxygen atoms in total. The number of carbonyl (C=O) groups is 3. The van der Waals surface area contributed by atoms with Gasteiger partial charge in [-0.2, -0.15) is 0 Å². The number of carboxylic acids is 1. The van der Waals surface area contributed by atoms with Crippen LogP contribution >= 0.6 is 0 Å². The van der Waals surface area contributed by atoms with E-state index in [4.69, 9.17) is 0 Å². The first-order valence-corrected chi connectivity index (χ1v) is 10.1. The number of hydrogen-bond acceptors (Lipinski definition) is 5. The summed E-state index contributed by atoms with van der Waals surface area (Å²) in [7, 11) is -3.06. The third-order valence-electron chi connectivity index (χ3n) is 4.67.